The van der Waals surface area contributed by atoms with Crippen molar-refractivity contribution in [3.05, 3.63) is 45.8 Å². The number of ether oxygens (including phenoxy) is 1. The molecule has 0 atom stereocenters. The topological polar surface area (TPSA) is 75.6 Å². The third-order valence-corrected chi connectivity index (χ3v) is 7.87. The fraction of sp³-hybridized carbons (Fsp3) is 0.500. The number of hydrogen-bond acceptors (Lipinski definition) is 6. The Hall–Kier alpha value is -2.03. The highest BCUT2D eigenvalue weighted by molar-refractivity contribution is 7.89. The third kappa shape index (κ3) is 3.19. The minimum Gasteiger partial charge on any atom is -0.378 e. The van der Waals surface area contributed by atoms with Gasteiger partial charge in [-0.3, -0.25) is 0 Å². The van der Waals surface area contributed by atoms with E-state index in [4.69, 9.17) is 4.74 Å². The number of aryl methyl sites for hydroxylation is 2. The van der Waals surface area contributed by atoms with Gasteiger partial charge in [-0.25, -0.2) is 18.4 Å². The maximum atomic E-state index is 13.5. The number of aromatic nitrogens is 2. The molecule has 2 aliphatic heterocycles. The number of anilines is 1. The molecule has 3 heterocycles. The van der Waals surface area contributed by atoms with E-state index in [1.165, 1.54) is 4.31 Å². The van der Waals surface area contributed by atoms with Crippen molar-refractivity contribution < 1.29 is 13.2 Å². The molecular weight excluding hydrogens is 376 g/mol. The predicted octanol–water partition coefficient (Wildman–Crippen LogP) is 2.25. The zero-order valence-electron chi connectivity index (χ0n) is 16.8. The Labute approximate surface area is 166 Å². The molecule has 0 N–H and O–H groups in total. The van der Waals surface area contributed by atoms with E-state index in [1.54, 1.807) is 6.20 Å². The van der Waals surface area contributed by atoms with Gasteiger partial charge in [-0.05, 0) is 49.9 Å². The Morgan fingerprint density at radius 1 is 1.00 bits per heavy atom. The van der Waals surface area contributed by atoms with Gasteiger partial charge in [0.05, 0.1) is 30.3 Å². The van der Waals surface area contributed by atoms with Crippen LogP contribution in [0.1, 0.15) is 33.5 Å². The number of nitrogens with zero attached hydrogens (tertiary/aromatic N) is 4. The molecule has 1 aromatic carbocycles. The molecule has 0 aliphatic carbocycles. The predicted molar refractivity (Wildman–Crippen MR) is 107 cm³/mol. The Balaban J connectivity index is 1.66. The van der Waals surface area contributed by atoms with Crippen molar-refractivity contribution in [1.82, 2.24) is 14.3 Å². The molecule has 0 bridgehead atoms. The van der Waals surface area contributed by atoms with Gasteiger partial charge >= 0.3 is 0 Å². The second-order valence-electron chi connectivity index (χ2n) is 7.60. The van der Waals surface area contributed by atoms with Gasteiger partial charge in [0, 0.05) is 31.4 Å². The van der Waals surface area contributed by atoms with Crippen LogP contribution in [0.4, 0.5) is 5.95 Å². The number of benzene rings is 1. The summed E-state index contributed by atoms with van der Waals surface area (Å²) in [4.78, 5) is 11.6. The number of hydrogen-bond donors (Lipinski definition) is 0. The van der Waals surface area contributed by atoms with Gasteiger partial charge in [-0.2, -0.15) is 4.31 Å². The maximum absolute atomic E-state index is 13.5. The van der Waals surface area contributed by atoms with E-state index in [1.807, 2.05) is 33.8 Å². The molecule has 0 amide bonds. The number of rotatable bonds is 3. The molecule has 28 heavy (non-hydrogen) atoms. The molecule has 0 saturated carbocycles. The normalized spacial score (nSPS) is 17.8. The first kappa shape index (κ1) is 19.3. The van der Waals surface area contributed by atoms with Crippen LogP contribution in [-0.2, 0) is 27.8 Å². The fourth-order valence-corrected chi connectivity index (χ4v) is 5.85. The third-order valence-electron chi connectivity index (χ3n) is 5.80. The summed E-state index contributed by atoms with van der Waals surface area (Å²) in [6.07, 6.45) is 1.77. The summed E-state index contributed by atoms with van der Waals surface area (Å²) in [6.45, 7) is 11.1. The summed E-state index contributed by atoms with van der Waals surface area (Å²) >= 11 is 0. The fourth-order valence-electron chi connectivity index (χ4n) is 3.90. The highest BCUT2D eigenvalue weighted by Crippen LogP contribution is 2.33. The van der Waals surface area contributed by atoms with E-state index in [2.05, 4.69) is 14.9 Å². The van der Waals surface area contributed by atoms with Gasteiger partial charge in [0.1, 0.15) is 0 Å². The van der Waals surface area contributed by atoms with E-state index in [9.17, 15) is 8.42 Å². The van der Waals surface area contributed by atoms with Crippen molar-refractivity contribution in [2.24, 2.45) is 0 Å². The molecule has 0 unspecified atom stereocenters. The summed E-state index contributed by atoms with van der Waals surface area (Å²) < 4.78 is 33.9. The molecule has 2 aliphatic rings. The summed E-state index contributed by atoms with van der Waals surface area (Å²) in [5.41, 5.74) is 5.29. The second-order valence-corrected chi connectivity index (χ2v) is 9.48. The molecule has 4 rings (SSSR count). The van der Waals surface area contributed by atoms with Crippen molar-refractivity contribution in [3.8, 4) is 0 Å². The zero-order valence-corrected chi connectivity index (χ0v) is 17.6. The van der Waals surface area contributed by atoms with Gasteiger partial charge in [0.2, 0.25) is 16.0 Å². The van der Waals surface area contributed by atoms with Crippen molar-refractivity contribution in [1.29, 1.82) is 0 Å². The molecular formula is C20H26N4O3S. The van der Waals surface area contributed by atoms with E-state index in [-0.39, 0.29) is 6.54 Å². The molecule has 0 radical (unpaired) electrons. The molecule has 1 aromatic heterocycles. The quantitative estimate of drug-likeness (QED) is 0.784. The number of morpholine rings is 1. The molecule has 7 nitrogen and oxygen atoms in total. The second kappa shape index (κ2) is 7.09. The first-order chi connectivity index (χ1) is 13.3. The summed E-state index contributed by atoms with van der Waals surface area (Å²) in [6, 6.07) is 2.04. The van der Waals surface area contributed by atoms with Crippen molar-refractivity contribution in [2.45, 2.75) is 45.7 Å². The van der Waals surface area contributed by atoms with E-state index >= 15 is 0 Å². The lowest BCUT2D eigenvalue weighted by Gasteiger charge is -2.26. The lowest BCUT2D eigenvalue weighted by Crippen LogP contribution is -2.37. The Kier molecular flexibility index (Phi) is 4.89. The lowest BCUT2D eigenvalue weighted by atomic mass is 10.0. The van der Waals surface area contributed by atoms with Crippen LogP contribution in [0.5, 0.6) is 0 Å². The molecule has 2 aromatic rings. The van der Waals surface area contributed by atoms with Crippen molar-refractivity contribution in [2.75, 3.05) is 31.2 Å². The van der Waals surface area contributed by atoms with Crippen LogP contribution in [0.25, 0.3) is 0 Å². The highest BCUT2D eigenvalue weighted by Gasteiger charge is 2.35. The van der Waals surface area contributed by atoms with Crippen LogP contribution in [0.2, 0.25) is 0 Å². The van der Waals surface area contributed by atoms with Gasteiger partial charge in [0.25, 0.3) is 0 Å². The standard InChI is InChI=1S/C20H26N4O3S/c1-13-9-14(2)16(4)19(15(13)3)28(25,26)24-11-17-10-21-20(22-18(17)12-24)23-5-7-27-8-6-23/h9-10H,5-8,11-12H2,1-4H3. The zero-order chi connectivity index (χ0) is 20.1. The number of fused-ring (bicyclic) bond motifs is 1. The van der Waals surface area contributed by atoms with Crippen LogP contribution < -0.4 is 4.90 Å². The first-order valence-electron chi connectivity index (χ1n) is 9.54. The van der Waals surface area contributed by atoms with Gasteiger partial charge in [0.15, 0.2) is 0 Å². The van der Waals surface area contributed by atoms with Crippen LogP contribution in [0, 0.1) is 27.7 Å². The average Bonchev–Trinajstić information content (AvgIpc) is 3.11. The van der Waals surface area contributed by atoms with Crippen LogP contribution in [0.15, 0.2) is 17.2 Å². The smallest absolute Gasteiger partial charge is 0.244 e. The van der Waals surface area contributed by atoms with E-state index < -0.39 is 10.0 Å². The summed E-state index contributed by atoms with van der Waals surface area (Å²) in [7, 11) is -3.62. The summed E-state index contributed by atoms with van der Waals surface area (Å²) in [5.74, 6) is 0.653. The molecule has 1 saturated heterocycles. The average molecular weight is 403 g/mol. The maximum Gasteiger partial charge on any atom is 0.244 e. The van der Waals surface area contributed by atoms with Gasteiger partial charge < -0.3 is 9.64 Å². The molecule has 8 heteroatoms. The van der Waals surface area contributed by atoms with E-state index in [0.29, 0.717) is 30.6 Å². The van der Waals surface area contributed by atoms with Crippen LogP contribution in [-0.4, -0.2) is 49.0 Å². The monoisotopic (exact) mass is 402 g/mol. The Morgan fingerprint density at radius 2 is 1.64 bits per heavy atom. The SMILES string of the molecule is Cc1cc(C)c(C)c(S(=O)(=O)N2Cc3cnc(N4CCOCC4)nc3C2)c1C. The first-order valence-corrected chi connectivity index (χ1v) is 11.0. The van der Waals surface area contributed by atoms with Gasteiger partial charge in [-0.1, -0.05) is 6.07 Å². The van der Waals surface area contributed by atoms with Crippen LogP contribution >= 0.6 is 0 Å². The minimum absolute atomic E-state index is 0.281. The Morgan fingerprint density at radius 3 is 2.29 bits per heavy atom. The molecule has 0 spiro atoms. The summed E-state index contributed by atoms with van der Waals surface area (Å²) in [5, 5.41) is 0. The lowest BCUT2D eigenvalue weighted by molar-refractivity contribution is 0.122. The van der Waals surface area contributed by atoms with Crippen LogP contribution in [0.3, 0.4) is 0 Å². The Bertz CT molecular complexity index is 1000. The van der Waals surface area contributed by atoms with Crippen molar-refractivity contribution in [3.63, 3.8) is 0 Å². The highest BCUT2D eigenvalue weighted by atomic mass is 32.2. The van der Waals surface area contributed by atoms with Crippen molar-refractivity contribution >= 4 is 16.0 Å². The minimum atomic E-state index is -3.62. The molecule has 150 valence electrons. The molecule has 1 fully saturated rings. The van der Waals surface area contributed by atoms with Gasteiger partial charge in [-0.15, -0.1) is 0 Å². The largest absolute Gasteiger partial charge is 0.378 e. The number of sulfonamides is 1. The van der Waals surface area contributed by atoms with E-state index in [0.717, 1.165) is 46.6 Å².